The molecule has 0 heterocycles. The van der Waals surface area contributed by atoms with E-state index in [-0.39, 0.29) is 10.5 Å². The van der Waals surface area contributed by atoms with E-state index in [0.717, 1.165) is 12.2 Å². The molecule has 2 amide bonds. The Labute approximate surface area is 190 Å². The molecule has 0 atom stereocenters. The molecule has 0 saturated heterocycles. The maximum atomic E-state index is 12.7. The van der Waals surface area contributed by atoms with Crippen molar-refractivity contribution in [1.29, 1.82) is 0 Å². The van der Waals surface area contributed by atoms with Crippen LogP contribution in [-0.2, 0) is 10.0 Å². The van der Waals surface area contributed by atoms with E-state index < -0.39 is 21.8 Å². The highest BCUT2D eigenvalue weighted by atomic mass is 32.2. The molecule has 0 aliphatic carbocycles. The van der Waals surface area contributed by atoms with E-state index in [1.54, 1.807) is 26.0 Å². The van der Waals surface area contributed by atoms with E-state index in [2.05, 4.69) is 36.5 Å². The van der Waals surface area contributed by atoms with E-state index in [1.807, 2.05) is 12.1 Å². The van der Waals surface area contributed by atoms with Crippen molar-refractivity contribution in [2.24, 2.45) is 0 Å². The van der Waals surface area contributed by atoms with E-state index in [4.69, 9.17) is 0 Å². The largest absolute Gasteiger partial charge is 0.369 e. The third kappa shape index (κ3) is 5.86. The predicted octanol–water partition coefficient (Wildman–Crippen LogP) is 3.03. The monoisotopic (exact) mass is 460 g/mol. The number of hydrogen-bond acceptors (Lipinski definition) is 5. The van der Waals surface area contributed by atoms with E-state index in [9.17, 15) is 18.0 Å². The van der Waals surface area contributed by atoms with Crippen LogP contribution in [0, 0.1) is 0 Å². The van der Waals surface area contributed by atoms with Crippen molar-refractivity contribution in [3.05, 3.63) is 59.7 Å². The molecular weight excluding hydrogens is 428 g/mol. The number of hydrazine groups is 1. The van der Waals surface area contributed by atoms with Gasteiger partial charge in [0, 0.05) is 42.5 Å². The number of anilines is 1. The fourth-order valence-corrected chi connectivity index (χ4v) is 4.92. The zero-order valence-corrected chi connectivity index (χ0v) is 20.1. The maximum Gasteiger partial charge on any atom is 0.269 e. The number of benzene rings is 2. The van der Waals surface area contributed by atoms with Gasteiger partial charge in [-0.2, -0.15) is 4.31 Å². The van der Waals surface area contributed by atoms with E-state index >= 15 is 0 Å². The summed E-state index contributed by atoms with van der Waals surface area (Å²) < 4.78 is 26.7. The molecule has 2 rings (SSSR count). The Hall–Kier alpha value is -2.91. The number of carbonyl (C=O) groups is 2. The van der Waals surface area contributed by atoms with Crippen molar-refractivity contribution in [2.45, 2.75) is 45.6 Å². The highest BCUT2D eigenvalue weighted by Gasteiger charge is 2.22. The van der Waals surface area contributed by atoms with Gasteiger partial charge in [0.25, 0.3) is 11.8 Å². The summed E-state index contributed by atoms with van der Waals surface area (Å²) in [6.07, 6.45) is 0. The fourth-order valence-electron chi connectivity index (χ4n) is 3.42. The van der Waals surface area contributed by atoms with Gasteiger partial charge in [0.2, 0.25) is 10.0 Å². The zero-order valence-electron chi connectivity index (χ0n) is 19.3. The molecule has 2 aromatic rings. The standard InChI is InChI=1S/C23H32N4O4S/c1-6-26(7-2)32(30,31)21-11-9-10-19(16-21)23(29)25-24-22(28)18-12-14-20(15-13-18)27(8-3)17(4)5/h9-17H,6-8H2,1-5H3,(H,24,28)(H,25,29). The molecule has 0 aliphatic rings. The molecular formula is C23H32N4O4S. The second-order valence-corrected chi connectivity index (χ2v) is 9.39. The first-order chi connectivity index (χ1) is 15.1. The summed E-state index contributed by atoms with van der Waals surface area (Å²) in [5, 5.41) is 0. The fraction of sp³-hybridized carbons (Fsp3) is 0.391. The molecule has 8 nitrogen and oxygen atoms in total. The van der Waals surface area contributed by atoms with Crippen LogP contribution >= 0.6 is 0 Å². The van der Waals surface area contributed by atoms with Crippen LogP contribution in [-0.4, -0.2) is 50.2 Å². The summed E-state index contributed by atoms with van der Waals surface area (Å²) in [5.74, 6) is -1.08. The second-order valence-electron chi connectivity index (χ2n) is 7.45. The van der Waals surface area contributed by atoms with Crippen LogP contribution in [0.15, 0.2) is 53.4 Å². The molecule has 0 aromatic heterocycles. The molecule has 174 valence electrons. The first-order valence-electron chi connectivity index (χ1n) is 10.7. The summed E-state index contributed by atoms with van der Waals surface area (Å²) in [6, 6.07) is 13.2. The third-order valence-corrected chi connectivity index (χ3v) is 7.20. The molecule has 9 heteroatoms. The number of sulfonamides is 1. The summed E-state index contributed by atoms with van der Waals surface area (Å²) in [7, 11) is -3.69. The van der Waals surface area contributed by atoms with Crippen molar-refractivity contribution in [2.75, 3.05) is 24.5 Å². The Morgan fingerprint density at radius 1 is 0.844 bits per heavy atom. The molecule has 2 N–H and O–H groups in total. The Morgan fingerprint density at radius 3 is 1.91 bits per heavy atom. The van der Waals surface area contributed by atoms with Crippen molar-refractivity contribution < 1.29 is 18.0 Å². The molecule has 32 heavy (non-hydrogen) atoms. The highest BCUT2D eigenvalue weighted by Crippen LogP contribution is 2.18. The van der Waals surface area contributed by atoms with Crippen LogP contribution < -0.4 is 15.8 Å². The molecule has 0 fully saturated rings. The van der Waals surface area contributed by atoms with Gasteiger partial charge in [0.1, 0.15) is 0 Å². The lowest BCUT2D eigenvalue weighted by molar-refractivity contribution is 0.0846. The van der Waals surface area contributed by atoms with Crippen LogP contribution in [0.1, 0.15) is 55.3 Å². The minimum atomic E-state index is -3.69. The molecule has 0 saturated carbocycles. The Bertz CT molecular complexity index is 1030. The first-order valence-corrected chi connectivity index (χ1v) is 12.2. The zero-order chi connectivity index (χ0) is 23.9. The van der Waals surface area contributed by atoms with Gasteiger partial charge in [0.15, 0.2) is 0 Å². The molecule has 0 bridgehead atoms. The Balaban J connectivity index is 2.07. The third-order valence-electron chi connectivity index (χ3n) is 5.15. The number of rotatable bonds is 9. The smallest absolute Gasteiger partial charge is 0.269 e. The number of carbonyl (C=O) groups excluding carboxylic acids is 2. The van der Waals surface area contributed by atoms with Gasteiger partial charge in [-0.05, 0) is 63.2 Å². The van der Waals surface area contributed by atoms with Crippen molar-refractivity contribution in [3.63, 3.8) is 0 Å². The Kier molecular flexibility index (Phi) is 8.80. The van der Waals surface area contributed by atoms with Crippen LogP contribution in [0.5, 0.6) is 0 Å². The van der Waals surface area contributed by atoms with E-state index in [1.165, 1.54) is 28.6 Å². The maximum absolute atomic E-state index is 12.7. The van der Waals surface area contributed by atoms with Crippen LogP contribution in [0.2, 0.25) is 0 Å². The van der Waals surface area contributed by atoms with Crippen molar-refractivity contribution >= 4 is 27.5 Å². The average Bonchev–Trinajstić information content (AvgIpc) is 2.78. The number of nitrogens with one attached hydrogen (secondary N) is 2. The topological polar surface area (TPSA) is 98.8 Å². The molecule has 0 aliphatic heterocycles. The minimum absolute atomic E-state index is 0.0291. The lowest BCUT2D eigenvalue weighted by atomic mass is 10.1. The molecule has 0 unspecified atom stereocenters. The summed E-state index contributed by atoms with van der Waals surface area (Å²) >= 11 is 0. The normalized spacial score (nSPS) is 11.5. The second kappa shape index (κ2) is 11.1. The summed E-state index contributed by atoms with van der Waals surface area (Å²) in [6.45, 7) is 11.3. The lowest BCUT2D eigenvalue weighted by Crippen LogP contribution is -2.41. The van der Waals surface area contributed by atoms with Gasteiger partial charge in [-0.1, -0.05) is 19.9 Å². The molecule has 2 aromatic carbocycles. The predicted molar refractivity (Wildman–Crippen MR) is 126 cm³/mol. The van der Waals surface area contributed by atoms with Gasteiger partial charge >= 0.3 is 0 Å². The average molecular weight is 461 g/mol. The van der Waals surface area contributed by atoms with Crippen LogP contribution in [0.3, 0.4) is 0 Å². The van der Waals surface area contributed by atoms with Crippen LogP contribution in [0.4, 0.5) is 5.69 Å². The van der Waals surface area contributed by atoms with Crippen LogP contribution in [0.25, 0.3) is 0 Å². The molecule has 0 spiro atoms. The summed E-state index contributed by atoms with van der Waals surface area (Å²) in [4.78, 5) is 27.1. The Morgan fingerprint density at radius 2 is 1.41 bits per heavy atom. The quantitative estimate of drug-likeness (QED) is 0.561. The first kappa shape index (κ1) is 25.4. The SMILES string of the molecule is CCN(c1ccc(C(=O)NNC(=O)c2cccc(S(=O)(=O)N(CC)CC)c2)cc1)C(C)C. The number of amides is 2. The van der Waals surface area contributed by atoms with Gasteiger partial charge in [-0.25, -0.2) is 8.42 Å². The number of hydrogen-bond donors (Lipinski definition) is 2. The van der Waals surface area contributed by atoms with E-state index in [0.29, 0.717) is 24.7 Å². The van der Waals surface area contributed by atoms with Gasteiger partial charge in [-0.3, -0.25) is 20.4 Å². The molecule has 0 radical (unpaired) electrons. The highest BCUT2D eigenvalue weighted by molar-refractivity contribution is 7.89. The summed E-state index contributed by atoms with van der Waals surface area (Å²) in [5.41, 5.74) is 6.25. The lowest BCUT2D eigenvalue weighted by Gasteiger charge is -2.27. The number of nitrogens with zero attached hydrogens (tertiary/aromatic N) is 2. The van der Waals surface area contributed by atoms with Gasteiger partial charge in [-0.15, -0.1) is 0 Å². The van der Waals surface area contributed by atoms with Gasteiger partial charge in [0.05, 0.1) is 4.90 Å². The van der Waals surface area contributed by atoms with Gasteiger partial charge < -0.3 is 4.90 Å². The van der Waals surface area contributed by atoms with Crippen molar-refractivity contribution in [3.8, 4) is 0 Å². The van der Waals surface area contributed by atoms with Crippen molar-refractivity contribution in [1.82, 2.24) is 15.2 Å². The minimum Gasteiger partial charge on any atom is -0.369 e.